The summed E-state index contributed by atoms with van der Waals surface area (Å²) in [6.07, 6.45) is -2.31. The van der Waals surface area contributed by atoms with Crippen molar-refractivity contribution in [2.45, 2.75) is 18.3 Å². The fourth-order valence-electron chi connectivity index (χ4n) is 5.55. The molecule has 3 heterocycles. The molecule has 1 aromatic heterocycles. The lowest BCUT2D eigenvalue weighted by molar-refractivity contribution is -0.0747. The first kappa shape index (κ1) is 27.3. The molecule has 1 saturated heterocycles. The Bertz CT molecular complexity index is 1510. The number of amides is 1. The van der Waals surface area contributed by atoms with E-state index in [1.165, 1.54) is 17.3 Å². The molecule has 1 atom stereocenters. The van der Waals surface area contributed by atoms with Gasteiger partial charge in [-0.2, -0.15) is 18.3 Å². The van der Waals surface area contributed by atoms with Crippen LogP contribution in [-0.4, -0.2) is 57.8 Å². The van der Waals surface area contributed by atoms with E-state index in [0.717, 1.165) is 15.2 Å². The minimum atomic E-state index is -4.65. The number of alkyl halides is 3. The molecule has 0 spiro atoms. The second kappa shape index (κ2) is 11.2. The summed E-state index contributed by atoms with van der Waals surface area (Å²) in [6, 6.07) is 26.8. The molecule has 0 unspecified atom stereocenters. The zero-order valence-electron chi connectivity index (χ0n) is 21.9. The van der Waals surface area contributed by atoms with Crippen LogP contribution in [0.25, 0.3) is 5.70 Å². The molecule has 41 heavy (non-hydrogen) atoms. The Hall–Kier alpha value is -3.89. The molecule has 1 amide bonds. The Labute approximate surface area is 244 Å². The van der Waals surface area contributed by atoms with Crippen LogP contribution in [0, 0.1) is 0 Å². The quantitative estimate of drug-likeness (QED) is 0.267. The van der Waals surface area contributed by atoms with Gasteiger partial charge in [0, 0.05) is 30.7 Å². The van der Waals surface area contributed by atoms with Crippen LogP contribution in [-0.2, 0) is 0 Å². The van der Waals surface area contributed by atoms with Crippen LogP contribution >= 0.6 is 15.9 Å². The van der Waals surface area contributed by atoms with Crippen LogP contribution in [0.2, 0.25) is 0 Å². The van der Waals surface area contributed by atoms with Crippen molar-refractivity contribution >= 4 is 33.4 Å². The molecule has 2 aliphatic heterocycles. The number of rotatable bonds is 5. The number of nitrogens with zero attached hydrogens (tertiary/aromatic N) is 4. The van der Waals surface area contributed by atoms with E-state index < -0.39 is 17.9 Å². The molecule has 2 aliphatic rings. The SMILES string of the molecule is O=C(c1cnn2c1N[C@H](c1ccc(Br)cc1)C=C2C(F)(F)F)N1CCN(C(c2ccccc2)c2ccccc2)CC1. The summed E-state index contributed by atoms with van der Waals surface area (Å²) < 4.78 is 43.8. The number of carbonyl (C=O) groups is 1. The number of anilines is 1. The Kier molecular flexibility index (Phi) is 7.44. The Morgan fingerprint density at radius 1 is 0.878 bits per heavy atom. The number of piperazine rings is 1. The van der Waals surface area contributed by atoms with Gasteiger partial charge in [0.1, 0.15) is 17.1 Å². The van der Waals surface area contributed by atoms with Crippen LogP contribution in [0.1, 0.15) is 39.1 Å². The first-order valence-corrected chi connectivity index (χ1v) is 14.1. The molecular formula is C31H27BrF3N5O. The van der Waals surface area contributed by atoms with Gasteiger partial charge in [-0.1, -0.05) is 88.7 Å². The maximum atomic E-state index is 14.1. The lowest BCUT2D eigenvalue weighted by atomic mass is 9.96. The second-order valence-electron chi connectivity index (χ2n) is 10.1. The van der Waals surface area contributed by atoms with E-state index in [0.29, 0.717) is 31.7 Å². The molecule has 0 radical (unpaired) electrons. The lowest BCUT2D eigenvalue weighted by Gasteiger charge is -2.40. The number of nitrogens with one attached hydrogen (secondary N) is 1. The van der Waals surface area contributed by atoms with Crippen molar-refractivity contribution in [1.29, 1.82) is 0 Å². The highest BCUT2D eigenvalue weighted by Crippen LogP contribution is 2.40. The highest BCUT2D eigenvalue weighted by atomic mass is 79.9. The summed E-state index contributed by atoms with van der Waals surface area (Å²) in [6.45, 7) is 2.12. The van der Waals surface area contributed by atoms with Crippen molar-refractivity contribution in [3.05, 3.63) is 124 Å². The fraction of sp³-hybridized carbons (Fsp3) is 0.226. The summed E-state index contributed by atoms with van der Waals surface area (Å²) in [4.78, 5) is 17.7. The van der Waals surface area contributed by atoms with Crippen molar-refractivity contribution in [1.82, 2.24) is 19.6 Å². The Balaban J connectivity index is 1.24. The number of hydrogen-bond acceptors (Lipinski definition) is 4. The van der Waals surface area contributed by atoms with Crippen molar-refractivity contribution in [3.63, 3.8) is 0 Å². The van der Waals surface area contributed by atoms with Crippen molar-refractivity contribution in [2.75, 3.05) is 31.5 Å². The summed E-state index contributed by atoms with van der Waals surface area (Å²) in [5.41, 5.74) is 2.18. The molecule has 4 aromatic rings. The summed E-state index contributed by atoms with van der Waals surface area (Å²) in [5.74, 6) is -0.293. The highest BCUT2D eigenvalue weighted by Gasteiger charge is 2.42. The Morgan fingerprint density at radius 3 is 2.02 bits per heavy atom. The maximum absolute atomic E-state index is 14.1. The number of benzene rings is 3. The van der Waals surface area contributed by atoms with Gasteiger partial charge in [-0.15, -0.1) is 0 Å². The largest absolute Gasteiger partial charge is 0.433 e. The topological polar surface area (TPSA) is 53.4 Å². The molecule has 0 aliphatic carbocycles. The van der Waals surface area contributed by atoms with E-state index in [9.17, 15) is 18.0 Å². The lowest BCUT2D eigenvalue weighted by Crippen LogP contribution is -2.50. The smallest absolute Gasteiger partial charge is 0.359 e. The Morgan fingerprint density at radius 2 is 1.46 bits per heavy atom. The van der Waals surface area contributed by atoms with Gasteiger partial charge in [0.05, 0.1) is 18.3 Å². The third kappa shape index (κ3) is 5.54. The van der Waals surface area contributed by atoms with Gasteiger partial charge >= 0.3 is 6.18 Å². The van der Waals surface area contributed by atoms with Gasteiger partial charge in [0.25, 0.3) is 5.91 Å². The normalized spacial score (nSPS) is 17.6. The molecule has 6 nitrogen and oxygen atoms in total. The molecular weight excluding hydrogens is 595 g/mol. The molecule has 1 fully saturated rings. The minimum absolute atomic E-state index is 0.0337. The number of hydrogen-bond donors (Lipinski definition) is 1. The van der Waals surface area contributed by atoms with Crippen molar-refractivity contribution in [3.8, 4) is 0 Å². The second-order valence-corrected chi connectivity index (χ2v) is 11.0. The predicted molar refractivity (Wildman–Crippen MR) is 155 cm³/mol. The zero-order valence-corrected chi connectivity index (χ0v) is 23.5. The molecule has 1 N–H and O–H groups in total. The average Bonchev–Trinajstić information content (AvgIpc) is 3.42. The third-order valence-corrected chi connectivity index (χ3v) is 8.09. The number of fused-ring (bicyclic) bond motifs is 1. The van der Waals surface area contributed by atoms with Crippen molar-refractivity contribution in [2.24, 2.45) is 0 Å². The van der Waals surface area contributed by atoms with E-state index in [1.807, 2.05) is 36.4 Å². The molecule has 0 bridgehead atoms. The molecule has 10 heteroatoms. The van der Waals surface area contributed by atoms with Crippen LogP contribution in [0.4, 0.5) is 19.0 Å². The number of aromatic nitrogens is 2. The molecule has 0 saturated carbocycles. The van der Waals surface area contributed by atoms with Gasteiger partial charge in [0.2, 0.25) is 0 Å². The molecule has 6 rings (SSSR count). The fourth-order valence-corrected chi connectivity index (χ4v) is 5.81. The van der Waals surface area contributed by atoms with Gasteiger partial charge in [0.15, 0.2) is 0 Å². The summed E-state index contributed by atoms with van der Waals surface area (Å²) in [5, 5.41) is 7.11. The first-order chi connectivity index (χ1) is 19.8. The monoisotopic (exact) mass is 621 g/mol. The van der Waals surface area contributed by atoms with E-state index in [2.05, 4.69) is 55.5 Å². The van der Waals surface area contributed by atoms with Gasteiger partial charge < -0.3 is 10.2 Å². The zero-order chi connectivity index (χ0) is 28.6. The van der Waals surface area contributed by atoms with Gasteiger partial charge in [-0.05, 0) is 34.9 Å². The maximum Gasteiger partial charge on any atom is 0.433 e. The number of carbonyl (C=O) groups excluding carboxylic acids is 1. The standard InChI is InChI=1S/C31H27BrF3N5O/c32-24-13-11-21(12-14-24)26-19-27(31(33,34)35)40-29(37-26)25(20-36-40)30(41)39-17-15-38(16-18-39)28(22-7-3-1-4-8-22)23-9-5-2-6-10-23/h1-14,19-20,26,28,37H,15-18H2/t26-/m0/s1. The van der Waals surface area contributed by atoms with Crippen LogP contribution in [0.5, 0.6) is 0 Å². The molecule has 3 aromatic carbocycles. The van der Waals surface area contributed by atoms with E-state index in [4.69, 9.17) is 0 Å². The summed E-state index contributed by atoms with van der Waals surface area (Å²) >= 11 is 3.36. The van der Waals surface area contributed by atoms with Crippen LogP contribution in [0.15, 0.2) is 102 Å². The van der Waals surface area contributed by atoms with Gasteiger partial charge in [-0.25, -0.2) is 4.68 Å². The van der Waals surface area contributed by atoms with E-state index in [-0.39, 0.29) is 23.3 Å². The number of allylic oxidation sites excluding steroid dienone is 1. The minimum Gasteiger partial charge on any atom is -0.359 e. The van der Waals surface area contributed by atoms with E-state index >= 15 is 0 Å². The van der Waals surface area contributed by atoms with Gasteiger partial charge in [-0.3, -0.25) is 9.69 Å². The summed E-state index contributed by atoms with van der Waals surface area (Å²) in [7, 11) is 0. The highest BCUT2D eigenvalue weighted by molar-refractivity contribution is 9.10. The number of halogens is 4. The predicted octanol–water partition coefficient (Wildman–Crippen LogP) is 6.76. The van der Waals surface area contributed by atoms with Crippen LogP contribution in [0.3, 0.4) is 0 Å². The third-order valence-electron chi connectivity index (χ3n) is 7.56. The molecule has 210 valence electrons. The van der Waals surface area contributed by atoms with Crippen molar-refractivity contribution < 1.29 is 18.0 Å². The average molecular weight is 622 g/mol. The first-order valence-electron chi connectivity index (χ1n) is 13.3. The van der Waals surface area contributed by atoms with E-state index in [1.54, 1.807) is 29.2 Å². The van der Waals surface area contributed by atoms with Crippen LogP contribution < -0.4 is 5.32 Å².